The van der Waals surface area contributed by atoms with Crippen molar-refractivity contribution >= 4 is 17.9 Å². The molecular weight excluding hydrogens is 612 g/mol. The molecule has 3 rings (SSSR count). The topological polar surface area (TPSA) is 107 Å². The summed E-state index contributed by atoms with van der Waals surface area (Å²) in [5.41, 5.74) is 2.32. The third kappa shape index (κ3) is 13.3. The lowest BCUT2D eigenvalue weighted by Crippen LogP contribution is -2.27. The number of carbonyl (C=O) groups is 3. The van der Waals surface area contributed by atoms with E-state index in [1.165, 1.54) is 0 Å². The van der Waals surface area contributed by atoms with E-state index in [9.17, 15) is 14.4 Å². The van der Waals surface area contributed by atoms with Gasteiger partial charge >= 0.3 is 17.9 Å². The van der Waals surface area contributed by atoms with E-state index in [4.69, 9.17) is 28.4 Å². The summed E-state index contributed by atoms with van der Waals surface area (Å²) in [4.78, 5) is 37.6. The first-order valence-electron chi connectivity index (χ1n) is 16.1. The van der Waals surface area contributed by atoms with Crippen LogP contribution >= 0.6 is 0 Å². The molecule has 0 aromatic heterocycles. The molecule has 0 aliphatic carbocycles. The Balaban J connectivity index is 1.96. The van der Waals surface area contributed by atoms with Crippen LogP contribution in [0.2, 0.25) is 0 Å². The van der Waals surface area contributed by atoms with Crippen molar-refractivity contribution in [1.29, 1.82) is 0 Å². The first-order chi connectivity index (χ1) is 22.3. The lowest BCUT2D eigenvalue weighted by molar-refractivity contribution is -0.158. The van der Waals surface area contributed by atoms with Crippen molar-refractivity contribution in [2.24, 2.45) is 0 Å². The molecule has 0 amide bonds. The molecule has 0 unspecified atom stereocenters. The fourth-order valence-corrected chi connectivity index (χ4v) is 4.89. The second-order valence-corrected chi connectivity index (χ2v) is 14.6. The van der Waals surface area contributed by atoms with Crippen LogP contribution in [0, 0.1) is 6.92 Å². The second kappa shape index (κ2) is 16.0. The molecular formula is C39H50O9. The van der Waals surface area contributed by atoms with Gasteiger partial charge in [0.1, 0.15) is 34.1 Å². The second-order valence-electron chi connectivity index (χ2n) is 14.6. The zero-order valence-corrected chi connectivity index (χ0v) is 30.0. The van der Waals surface area contributed by atoms with Crippen molar-refractivity contribution in [2.75, 3.05) is 19.8 Å². The average Bonchev–Trinajstić information content (AvgIpc) is 2.93. The van der Waals surface area contributed by atoms with Crippen molar-refractivity contribution in [2.45, 2.75) is 98.9 Å². The van der Waals surface area contributed by atoms with Crippen LogP contribution in [0.15, 0.2) is 60.7 Å². The van der Waals surface area contributed by atoms with E-state index in [-0.39, 0.29) is 19.8 Å². The lowest BCUT2D eigenvalue weighted by atomic mass is 9.94. The van der Waals surface area contributed by atoms with Crippen LogP contribution in [0.25, 0.3) is 0 Å². The molecule has 0 radical (unpaired) electrons. The highest BCUT2D eigenvalue weighted by molar-refractivity contribution is 5.72. The van der Waals surface area contributed by atoms with Gasteiger partial charge in [0.15, 0.2) is 19.8 Å². The minimum atomic E-state index is -0.672. The maximum absolute atomic E-state index is 12.8. The number of ether oxygens (including phenoxy) is 6. The van der Waals surface area contributed by atoms with Gasteiger partial charge in [-0.15, -0.1) is 0 Å². The lowest BCUT2D eigenvalue weighted by Gasteiger charge is -2.22. The van der Waals surface area contributed by atoms with Gasteiger partial charge in [-0.2, -0.15) is 0 Å². The van der Waals surface area contributed by atoms with Crippen molar-refractivity contribution in [1.82, 2.24) is 0 Å². The van der Waals surface area contributed by atoms with Gasteiger partial charge in [-0.1, -0.05) is 54.1 Å². The van der Waals surface area contributed by atoms with E-state index < -0.39 is 34.7 Å². The largest absolute Gasteiger partial charge is 0.482 e. The molecule has 3 aromatic rings. The average molecular weight is 663 g/mol. The molecule has 48 heavy (non-hydrogen) atoms. The number of hydrogen-bond donors (Lipinski definition) is 0. The van der Waals surface area contributed by atoms with Crippen LogP contribution in [-0.2, 0) is 41.4 Å². The zero-order chi connectivity index (χ0) is 35.7. The van der Waals surface area contributed by atoms with E-state index in [0.717, 1.165) is 27.8 Å². The van der Waals surface area contributed by atoms with Crippen molar-refractivity contribution < 1.29 is 42.8 Å². The molecule has 9 heteroatoms. The SMILES string of the molecule is Cc1cc(Cc2ccccc2OCC(=O)OC(C)(C)C)c(OCC(=O)OC(C)(C)C)c(Cc2ccccc2OCC(=O)OC(C)(C)C)c1. The predicted octanol–water partition coefficient (Wildman–Crippen LogP) is 7.34. The van der Waals surface area contributed by atoms with Gasteiger partial charge in [0.2, 0.25) is 0 Å². The summed E-state index contributed by atoms with van der Waals surface area (Å²) < 4.78 is 34.4. The molecule has 3 aromatic carbocycles. The smallest absolute Gasteiger partial charge is 0.344 e. The van der Waals surface area contributed by atoms with Crippen molar-refractivity contribution in [3.63, 3.8) is 0 Å². The monoisotopic (exact) mass is 662 g/mol. The third-order valence-electron chi connectivity index (χ3n) is 6.38. The minimum Gasteiger partial charge on any atom is -0.482 e. The Morgan fingerprint density at radius 2 is 0.833 bits per heavy atom. The fourth-order valence-electron chi connectivity index (χ4n) is 4.89. The summed E-state index contributed by atoms with van der Waals surface area (Å²) in [6.45, 7) is 17.4. The maximum Gasteiger partial charge on any atom is 0.344 e. The van der Waals surface area contributed by atoms with E-state index in [2.05, 4.69) is 0 Å². The molecule has 0 saturated carbocycles. The number of carbonyl (C=O) groups excluding carboxylic acids is 3. The number of benzene rings is 3. The van der Waals surface area contributed by atoms with Crippen molar-refractivity contribution in [3.05, 3.63) is 88.5 Å². The Morgan fingerprint density at radius 1 is 0.500 bits per heavy atom. The first kappa shape index (κ1) is 37.9. The molecule has 0 heterocycles. The van der Waals surface area contributed by atoms with E-state index >= 15 is 0 Å². The maximum atomic E-state index is 12.8. The fraction of sp³-hybridized carbons (Fsp3) is 0.462. The highest BCUT2D eigenvalue weighted by atomic mass is 16.6. The normalized spacial score (nSPS) is 11.8. The highest BCUT2D eigenvalue weighted by Crippen LogP contribution is 2.34. The number of para-hydroxylation sites is 2. The molecule has 0 fully saturated rings. The summed E-state index contributed by atoms with van der Waals surface area (Å²) in [5, 5.41) is 0. The van der Waals surface area contributed by atoms with Gasteiger partial charge in [0.25, 0.3) is 0 Å². The Kier molecular flexibility index (Phi) is 12.7. The summed E-state index contributed by atoms with van der Waals surface area (Å²) in [5.74, 6) is 0.154. The molecule has 0 aliphatic rings. The standard InChI is InChI=1S/C39H50O9/c1-26-19-29(21-27-15-11-13-17-31(27)43-23-33(40)46-37(2,3)4)36(45-25-35(42)48-39(8,9)10)30(20-26)22-28-16-12-14-18-32(28)44-24-34(41)47-38(5,6)7/h11-20H,21-25H2,1-10H3. The first-order valence-corrected chi connectivity index (χ1v) is 16.1. The third-order valence-corrected chi connectivity index (χ3v) is 6.38. The highest BCUT2D eigenvalue weighted by Gasteiger charge is 2.22. The van der Waals surface area contributed by atoms with E-state index in [0.29, 0.717) is 30.1 Å². The molecule has 0 bridgehead atoms. The van der Waals surface area contributed by atoms with Crippen LogP contribution in [0.1, 0.15) is 90.1 Å². The quantitative estimate of drug-likeness (QED) is 0.137. The molecule has 0 aliphatic heterocycles. The van der Waals surface area contributed by atoms with Gasteiger partial charge in [-0.25, -0.2) is 14.4 Å². The van der Waals surface area contributed by atoms with Gasteiger partial charge in [-0.3, -0.25) is 0 Å². The van der Waals surface area contributed by atoms with Gasteiger partial charge in [-0.05, 0) is 104 Å². The molecule has 9 nitrogen and oxygen atoms in total. The van der Waals surface area contributed by atoms with Crippen LogP contribution in [0.3, 0.4) is 0 Å². The molecule has 0 N–H and O–H groups in total. The Bertz CT molecular complexity index is 1470. The zero-order valence-electron chi connectivity index (χ0n) is 30.0. The summed E-state index contributed by atoms with van der Waals surface area (Å²) in [6.07, 6.45) is 0.777. The van der Waals surface area contributed by atoms with Crippen LogP contribution < -0.4 is 14.2 Å². The summed E-state index contributed by atoms with van der Waals surface area (Å²) >= 11 is 0. The Morgan fingerprint density at radius 3 is 1.19 bits per heavy atom. The predicted molar refractivity (Wildman–Crippen MR) is 184 cm³/mol. The van der Waals surface area contributed by atoms with Gasteiger partial charge in [0, 0.05) is 12.8 Å². The molecule has 0 atom stereocenters. The minimum absolute atomic E-state index is 0.241. The number of rotatable bonds is 13. The molecule has 0 saturated heterocycles. The van der Waals surface area contributed by atoms with Crippen molar-refractivity contribution in [3.8, 4) is 17.2 Å². The van der Waals surface area contributed by atoms with Crippen LogP contribution in [-0.4, -0.2) is 54.5 Å². The number of esters is 3. The van der Waals surface area contributed by atoms with Gasteiger partial charge < -0.3 is 28.4 Å². The Hall–Kier alpha value is -4.53. The number of aryl methyl sites for hydroxylation is 1. The van der Waals surface area contributed by atoms with E-state index in [1.807, 2.05) is 55.5 Å². The van der Waals surface area contributed by atoms with E-state index in [1.54, 1.807) is 74.4 Å². The van der Waals surface area contributed by atoms with Crippen LogP contribution in [0.4, 0.5) is 0 Å². The molecule has 0 spiro atoms. The molecule has 260 valence electrons. The Labute approximate surface area is 284 Å². The van der Waals surface area contributed by atoms with Gasteiger partial charge in [0.05, 0.1) is 0 Å². The summed E-state index contributed by atoms with van der Waals surface area (Å²) in [7, 11) is 0. The van der Waals surface area contributed by atoms with Crippen LogP contribution in [0.5, 0.6) is 17.2 Å². The number of hydrogen-bond acceptors (Lipinski definition) is 9. The summed E-state index contributed by atoms with van der Waals surface area (Å²) in [6, 6.07) is 18.9.